The highest BCUT2D eigenvalue weighted by Gasteiger charge is 2.05. The van der Waals surface area contributed by atoms with Crippen LogP contribution in [0, 0.1) is 0 Å². The highest BCUT2D eigenvalue weighted by atomic mass is 16.2. The van der Waals surface area contributed by atoms with Crippen molar-refractivity contribution in [3.05, 3.63) is 42.5 Å². The number of amides is 1. The van der Waals surface area contributed by atoms with Gasteiger partial charge in [-0.25, -0.2) is 10.9 Å². The molecule has 3 heteroatoms. The Labute approximate surface area is 88.1 Å². The quantitative estimate of drug-likeness (QED) is 0.435. The van der Waals surface area contributed by atoms with E-state index >= 15 is 0 Å². The molecular formula is C12H12N2O. The first-order valence-corrected chi connectivity index (χ1v) is 4.72. The van der Waals surface area contributed by atoms with Crippen molar-refractivity contribution in [2.75, 3.05) is 5.01 Å². The molecule has 0 atom stereocenters. The number of fused-ring (bicyclic) bond motifs is 1. The maximum atomic E-state index is 11.1. The van der Waals surface area contributed by atoms with Crippen LogP contribution in [0.15, 0.2) is 42.5 Å². The number of hydrogen-bond acceptors (Lipinski definition) is 2. The number of carbonyl (C=O) groups is 1. The van der Waals surface area contributed by atoms with Crippen LogP contribution in [0.3, 0.4) is 0 Å². The molecule has 0 aliphatic rings. The molecule has 0 heterocycles. The zero-order valence-corrected chi connectivity index (χ0v) is 8.47. The summed E-state index contributed by atoms with van der Waals surface area (Å²) in [6.45, 7) is 1.44. The fraction of sp³-hybridized carbons (Fsp3) is 0.0833. The molecule has 0 saturated carbocycles. The SMILES string of the molecule is CC(=O)N(N)c1ccc2ccccc2c1. The van der Waals surface area contributed by atoms with E-state index in [0.717, 1.165) is 15.8 Å². The topological polar surface area (TPSA) is 46.3 Å². The summed E-state index contributed by atoms with van der Waals surface area (Å²) in [5.41, 5.74) is 0.709. The summed E-state index contributed by atoms with van der Waals surface area (Å²) in [6.07, 6.45) is 0. The summed E-state index contributed by atoms with van der Waals surface area (Å²) >= 11 is 0. The second-order valence-electron chi connectivity index (χ2n) is 3.42. The third kappa shape index (κ3) is 1.82. The Kier molecular flexibility index (Phi) is 2.39. The van der Waals surface area contributed by atoms with Crippen LogP contribution in [0.4, 0.5) is 5.69 Å². The van der Waals surface area contributed by atoms with Gasteiger partial charge in [0.05, 0.1) is 5.69 Å². The summed E-state index contributed by atoms with van der Waals surface area (Å²) < 4.78 is 0. The maximum Gasteiger partial charge on any atom is 0.238 e. The predicted octanol–water partition coefficient (Wildman–Crippen LogP) is 2.07. The molecule has 0 aliphatic carbocycles. The van der Waals surface area contributed by atoms with Crippen LogP contribution < -0.4 is 10.9 Å². The van der Waals surface area contributed by atoms with Crippen LogP contribution in [0.5, 0.6) is 0 Å². The van der Waals surface area contributed by atoms with Gasteiger partial charge in [-0.3, -0.25) is 4.79 Å². The maximum absolute atomic E-state index is 11.1. The van der Waals surface area contributed by atoms with E-state index < -0.39 is 0 Å². The van der Waals surface area contributed by atoms with Crippen molar-refractivity contribution >= 4 is 22.4 Å². The molecule has 15 heavy (non-hydrogen) atoms. The van der Waals surface area contributed by atoms with Crippen molar-refractivity contribution in [1.82, 2.24) is 0 Å². The number of nitrogens with zero attached hydrogens (tertiary/aromatic N) is 1. The van der Waals surface area contributed by atoms with Gasteiger partial charge >= 0.3 is 0 Å². The molecule has 0 radical (unpaired) electrons. The van der Waals surface area contributed by atoms with Crippen LogP contribution in [0.2, 0.25) is 0 Å². The van der Waals surface area contributed by atoms with Gasteiger partial charge in [0.2, 0.25) is 5.91 Å². The van der Waals surface area contributed by atoms with E-state index in [1.165, 1.54) is 6.92 Å². The van der Waals surface area contributed by atoms with E-state index in [2.05, 4.69) is 0 Å². The first kappa shape index (κ1) is 9.68. The molecule has 2 N–H and O–H groups in total. The zero-order chi connectivity index (χ0) is 10.8. The molecule has 76 valence electrons. The number of hydrazine groups is 1. The van der Waals surface area contributed by atoms with Gasteiger partial charge in [0.1, 0.15) is 0 Å². The molecule has 0 fully saturated rings. The van der Waals surface area contributed by atoms with Crippen LogP contribution >= 0.6 is 0 Å². The molecule has 1 amide bonds. The van der Waals surface area contributed by atoms with Gasteiger partial charge in [-0.1, -0.05) is 30.3 Å². The molecule has 0 aromatic heterocycles. The largest absolute Gasteiger partial charge is 0.273 e. The minimum atomic E-state index is -0.176. The standard InChI is InChI=1S/C12H12N2O/c1-9(15)14(13)12-7-6-10-4-2-3-5-11(10)8-12/h2-8H,13H2,1H3. The van der Waals surface area contributed by atoms with Crippen LogP contribution in [-0.2, 0) is 4.79 Å². The van der Waals surface area contributed by atoms with E-state index in [0.29, 0.717) is 5.69 Å². The highest BCUT2D eigenvalue weighted by Crippen LogP contribution is 2.20. The number of nitrogens with two attached hydrogens (primary N) is 1. The lowest BCUT2D eigenvalue weighted by Crippen LogP contribution is -2.35. The molecule has 0 unspecified atom stereocenters. The van der Waals surface area contributed by atoms with E-state index in [1.54, 1.807) is 0 Å². The summed E-state index contributed by atoms with van der Waals surface area (Å²) in [6, 6.07) is 13.6. The van der Waals surface area contributed by atoms with Gasteiger partial charge < -0.3 is 0 Å². The van der Waals surface area contributed by atoms with E-state index in [4.69, 9.17) is 5.84 Å². The Hall–Kier alpha value is -1.87. The molecule has 0 saturated heterocycles. The highest BCUT2D eigenvalue weighted by molar-refractivity contribution is 5.94. The summed E-state index contributed by atoms with van der Waals surface area (Å²) in [5, 5.41) is 3.36. The van der Waals surface area contributed by atoms with Crippen LogP contribution in [0.25, 0.3) is 10.8 Å². The lowest BCUT2D eigenvalue weighted by atomic mass is 10.1. The monoisotopic (exact) mass is 200 g/mol. The average Bonchev–Trinajstić information content (AvgIpc) is 2.27. The smallest absolute Gasteiger partial charge is 0.238 e. The first-order chi connectivity index (χ1) is 7.18. The number of hydrogen-bond donors (Lipinski definition) is 1. The number of benzene rings is 2. The lowest BCUT2D eigenvalue weighted by molar-refractivity contribution is -0.116. The third-order valence-corrected chi connectivity index (χ3v) is 2.35. The molecule has 2 aromatic carbocycles. The summed E-state index contributed by atoms with van der Waals surface area (Å²) in [4.78, 5) is 11.1. The summed E-state index contributed by atoms with van der Waals surface area (Å²) in [5.74, 6) is 5.44. The minimum Gasteiger partial charge on any atom is -0.273 e. The van der Waals surface area contributed by atoms with Crippen molar-refractivity contribution in [2.24, 2.45) is 5.84 Å². The zero-order valence-electron chi connectivity index (χ0n) is 8.47. The molecule has 2 aromatic rings. The second kappa shape index (κ2) is 3.71. The van der Waals surface area contributed by atoms with E-state index in [-0.39, 0.29) is 5.91 Å². The first-order valence-electron chi connectivity index (χ1n) is 4.72. The molecule has 0 aliphatic heterocycles. The van der Waals surface area contributed by atoms with Gasteiger partial charge in [0.15, 0.2) is 0 Å². The Bertz CT molecular complexity index is 508. The van der Waals surface area contributed by atoms with Crippen molar-refractivity contribution in [3.8, 4) is 0 Å². The van der Waals surface area contributed by atoms with Gasteiger partial charge in [-0.05, 0) is 22.9 Å². The number of carbonyl (C=O) groups excluding carboxylic acids is 1. The molecular weight excluding hydrogens is 188 g/mol. The predicted molar refractivity (Wildman–Crippen MR) is 61.3 cm³/mol. The van der Waals surface area contributed by atoms with Gasteiger partial charge in [-0.15, -0.1) is 0 Å². The van der Waals surface area contributed by atoms with Crippen LogP contribution in [-0.4, -0.2) is 5.91 Å². The Morgan fingerprint density at radius 3 is 2.47 bits per heavy atom. The number of anilines is 1. The second-order valence-corrected chi connectivity index (χ2v) is 3.42. The van der Waals surface area contributed by atoms with E-state index in [9.17, 15) is 4.79 Å². The molecule has 3 nitrogen and oxygen atoms in total. The van der Waals surface area contributed by atoms with Crippen molar-refractivity contribution in [2.45, 2.75) is 6.92 Å². The van der Waals surface area contributed by atoms with Crippen molar-refractivity contribution in [3.63, 3.8) is 0 Å². The number of rotatable bonds is 1. The Morgan fingerprint density at radius 1 is 1.13 bits per heavy atom. The van der Waals surface area contributed by atoms with E-state index in [1.807, 2.05) is 42.5 Å². The van der Waals surface area contributed by atoms with Gasteiger partial charge in [-0.2, -0.15) is 0 Å². The van der Waals surface area contributed by atoms with Crippen molar-refractivity contribution in [1.29, 1.82) is 0 Å². The minimum absolute atomic E-state index is 0.176. The average molecular weight is 200 g/mol. The van der Waals surface area contributed by atoms with Crippen LogP contribution in [0.1, 0.15) is 6.92 Å². The third-order valence-electron chi connectivity index (χ3n) is 2.35. The Morgan fingerprint density at radius 2 is 1.80 bits per heavy atom. The fourth-order valence-corrected chi connectivity index (χ4v) is 1.51. The van der Waals surface area contributed by atoms with Gasteiger partial charge in [0.25, 0.3) is 0 Å². The van der Waals surface area contributed by atoms with Gasteiger partial charge in [0, 0.05) is 6.92 Å². The fourth-order valence-electron chi connectivity index (χ4n) is 1.51. The molecule has 0 spiro atoms. The normalized spacial score (nSPS) is 10.3. The summed E-state index contributed by atoms with van der Waals surface area (Å²) in [7, 11) is 0. The molecule has 0 bridgehead atoms. The van der Waals surface area contributed by atoms with Crippen molar-refractivity contribution < 1.29 is 4.79 Å². The molecule has 2 rings (SSSR count). The Balaban J connectivity index is 2.51. The lowest BCUT2D eigenvalue weighted by Gasteiger charge is -2.14.